The Labute approximate surface area is 133 Å². The molecule has 2 heteroatoms. The van der Waals surface area contributed by atoms with Crippen LogP contribution < -0.4 is 0 Å². The summed E-state index contributed by atoms with van der Waals surface area (Å²) < 4.78 is 0. The maximum absolute atomic E-state index is 2.10. The molecule has 82 valence electrons. The Bertz CT molecular complexity index is 425. The van der Waals surface area contributed by atoms with E-state index in [4.69, 9.17) is 0 Å². The minimum absolute atomic E-state index is 0. The predicted octanol–water partition coefficient (Wildman–Crippen LogP) is 3.12. The van der Waals surface area contributed by atoms with E-state index >= 15 is 0 Å². The Balaban J connectivity index is 0.00000144. The first-order valence-corrected chi connectivity index (χ1v) is 5.40. The Morgan fingerprint density at radius 2 is 0.833 bits per heavy atom. The van der Waals surface area contributed by atoms with E-state index in [9.17, 15) is 0 Å². The number of hydrogen-bond donors (Lipinski definition) is 0. The quantitative estimate of drug-likeness (QED) is 0.553. The standard InChI is InChI=1S/C16H14.2Li.2H/c1-3-9-15(10-4-1)13-7-8-14-16-11-5-2-6-12-16;;;;/h1-14H;;;;/b13-7+,14-8+;;;;. The van der Waals surface area contributed by atoms with Crippen LogP contribution in [0.1, 0.15) is 11.1 Å². The molecule has 0 N–H and O–H groups in total. The van der Waals surface area contributed by atoms with Crippen molar-refractivity contribution >= 4 is 49.9 Å². The zero-order chi connectivity index (χ0) is 11.1. The summed E-state index contributed by atoms with van der Waals surface area (Å²) in [5.41, 5.74) is 2.44. The normalized spacial score (nSPS) is 10.0. The molecule has 0 aromatic heterocycles. The zero-order valence-corrected chi connectivity index (χ0v) is 9.08. The van der Waals surface area contributed by atoms with Crippen LogP contribution in [0.3, 0.4) is 0 Å². The van der Waals surface area contributed by atoms with Crippen molar-refractivity contribution in [2.24, 2.45) is 0 Å². The Morgan fingerprint density at radius 3 is 1.17 bits per heavy atom. The van der Waals surface area contributed by atoms with E-state index in [-0.39, 0.29) is 37.7 Å². The summed E-state index contributed by atoms with van der Waals surface area (Å²) in [4.78, 5) is 0. The van der Waals surface area contributed by atoms with E-state index in [1.165, 1.54) is 11.1 Å². The number of allylic oxidation sites excluding steroid dienone is 2. The number of benzene rings is 2. The van der Waals surface area contributed by atoms with Gasteiger partial charge in [0.2, 0.25) is 0 Å². The van der Waals surface area contributed by atoms with Crippen LogP contribution >= 0.6 is 0 Å². The molecule has 0 atom stereocenters. The molecular formula is C16H16Li2. The summed E-state index contributed by atoms with van der Waals surface area (Å²) >= 11 is 0. The van der Waals surface area contributed by atoms with Gasteiger partial charge in [0.25, 0.3) is 0 Å². The van der Waals surface area contributed by atoms with Crippen LogP contribution in [0.15, 0.2) is 72.8 Å². The van der Waals surface area contributed by atoms with Gasteiger partial charge in [-0.25, -0.2) is 0 Å². The van der Waals surface area contributed by atoms with E-state index in [0.717, 1.165) is 0 Å². The molecule has 0 spiro atoms. The van der Waals surface area contributed by atoms with Gasteiger partial charge in [-0.05, 0) is 11.1 Å². The fraction of sp³-hybridized carbons (Fsp3) is 0. The summed E-state index contributed by atoms with van der Waals surface area (Å²) in [7, 11) is 0. The average molecular weight is 222 g/mol. The Hall–Kier alpha value is -0.885. The SMILES string of the molecule is C(/C=C/c1ccccc1)=C\c1ccccc1.[LiH].[LiH]. The van der Waals surface area contributed by atoms with E-state index in [0.29, 0.717) is 0 Å². The van der Waals surface area contributed by atoms with Crippen molar-refractivity contribution in [3.8, 4) is 0 Å². The third-order valence-electron chi connectivity index (χ3n) is 2.29. The molecule has 0 amide bonds. The molecule has 0 radical (unpaired) electrons. The van der Waals surface area contributed by atoms with Crippen LogP contribution in [0, 0.1) is 0 Å². The molecule has 0 heterocycles. The van der Waals surface area contributed by atoms with Gasteiger partial charge in [0.1, 0.15) is 0 Å². The van der Waals surface area contributed by atoms with Crippen LogP contribution in [-0.2, 0) is 0 Å². The van der Waals surface area contributed by atoms with E-state index < -0.39 is 0 Å². The zero-order valence-electron chi connectivity index (χ0n) is 9.08. The van der Waals surface area contributed by atoms with Crippen molar-refractivity contribution < 1.29 is 0 Å². The summed E-state index contributed by atoms with van der Waals surface area (Å²) in [5.74, 6) is 0. The fourth-order valence-electron chi connectivity index (χ4n) is 1.46. The number of rotatable bonds is 3. The number of hydrogen-bond acceptors (Lipinski definition) is 0. The van der Waals surface area contributed by atoms with Crippen molar-refractivity contribution in [3.63, 3.8) is 0 Å². The third-order valence-corrected chi connectivity index (χ3v) is 2.29. The monoisotopic (exact) mass is 222 g/mol. The van der Waals surface area contributed by atoms with Crippen molar-refractivity contribution in [2.45, 2.75) is 0 Å². The van der Waals surface area contributed by atoms with Crippen LogP contribution in [0.5, 0.6) is 0 Å². The van der Waals surface area contributed by atoms with Crippen LogP contribution in [0.25, 0.3) is 12.2 Å². The van der Waals surface area contributed by atoms with Gasteiger partial charge < -0.3 is 0 Å². The predicted molar refractivity (Wildman–Crippen MR) is 85.3 cm³/mol. The van der Waals surface area contributed by atoms with Gasteiger partial charge in [-0.1, -0.05) is 85.0 Å². The van der Waals surface area contributed by atoms with Crippen molar-refractivity contribution in [1.29, 1.82) is 0 Å². The van der Waals surface area contributed by atoms with Crippen molar-refractivity contribution in [3.05, 3.63) is 83.9 Å². The maximum atomic E-state index is 2.10. The summed E-state index contributed by atoms with van der Waals surface area (Å²) in [5, 5.41) is 0. The first-order valence-electron chi connectivity index (χ1n) is 5.40. The van der Waals surface area contributed by atoms with Gasteiger partial charge in [-0.3, -0.25) is 0 Å². The molecule has 0 aliphatic heterocycles. The second kappa shape index (κ2) is 10.1. The Kier molecular flexibility index (Phi) is 9.58. The molecule has 18 heavy (non-hydrogen) atoms. The molecule has 0 aliphatic carbocycles. The summed E-state index contributed by atoms with van der Waals surface area (Å²) in [6.45, 7) is 0. The second-order valence-electron chi connectivity index (χ2n) is 3.54. The van der Waals surface area contributed by atoms with Crippen LogP contribution in [-0.4, -0.2) is 37.7 Å². The molecule has 2 aromatic rings. The molecule has 0 nitrogen and oxygen atoms in total. The fourth-order valence-corrected chi connectivity index (χ4v) is 1.46. The van der Waals surface area contributed by atoms with Crippen molar-refractivity contribution in [1.82, 2.24) is 0 Å². The molecular weight excluding hydrogens is 206 g/mol. The molecule has 2 rings (SSSR count). The van der Waals surface area contributed by atoms with Gasteiger partial charge in [-0.2, -0.15) is 0 Å². The molecule has 0 unspecified atom stereocenters. The van der Waals surface area contributed by atoms with Crippen LogP contribution in [0.4, 0.5) is 0 Å². The third kappa shape index (κ3) is 6.16. The van der Waals surface area contributed by atoms with Crippen LogP contribution in [0.2, 0.25) is 0 Å². The first-order chi connectivity index (χ1) is 7.95. The minimum atomic E-state index is 0. The second-order valence-corrected chi connectivity index (χ2v) is 3.54. The average Bonchev–Trinajstić information content (AvgIpc) is 2.37. The molecule has 0 saturated carbocycles. The van der Waals surface area contributed by atoms with Gasteiger partial charge in [0, 0.05) is 0 Å². The van der Waals surface area contributed by atoms with Crippen molar-refractivity contribution in [2.75, 3.05) is 0 Å². The molecule has 0 saturated heterocycles. The van der Waals surface area contributed by atoms with Gasteiger partial charge >= 0.3 is 37.7 Å². The van der Waals surface area contributed by atoms with Gasteiger partial charge in [0.15, 0.2) is 0 Å². The van der Waals surface area contributed by atoms with E-state index in [1.54, 1.807) is 0 Å². The molecule has 0 aliphatic rings. The molecule has 0 bridgehead atoms. The summed E-state index contributed by atoms with van der Waals surface area (Å²) in [6, 6.07) is 20.6. The van der Waals surface area contributed by atoms with E-state index in [1.807, 2.05) is 36.4 Å². The Morgan fingerprint density at radius 1 is 0.500 bits per heavy atom. The first kappa shape index (κ1) is 17.1. The van der Waals surface area contributed by atoms with E-state index in [2.05, 4.69) is 48.6 Å². The molecule has 0 fully saturated rings. The summed E-state index contributed by atoms with van der Waals surface area (Å²) in [6.07, 6.45) is 8.31. The topological polar surface area (TPSA) is 0 Å². The molecule has 2 aromatic carbocycles. The van der Waals surface area contributed by atoms with Gasteiger partial charge in [-0.15, -0.1) is 0 Å². The van der Waals surface area contributed by atoms with Gasteiger partial charge in [0.05, 0.1) is 0 Å².